The van der Waals surface area contributed by atoms with Gasteiger partial charge in [0.15, 0.2) is 5.78 Å². The molecule has 90 valence electrons. The van der Waals surface area contributed by atoms with Crippen LogP contribution in [0.2, 0.25) is 0 Å². The molecule has 2 heteroatoms. The third-order valence-electron chi connectivity index (χ3n) is 3.34. The minimum Gasteiger partial charge on any atom is -0.368 e. The molecule has 1 rings (SSSR count). The monoisotopic (exact) mass is 222 g/mol. The molecule has 1 saturated carbocycles. The molecule has 0 aliphatic heterocycles. The van der Waals surface area contributed by atoms with E-state index in [1.54, 1.807) is 0 Å². The van der Waals surface area contributed by atoms with Crippen molar-refractivity contribution in [2.24, 2.45) is 0 Å². The minimum absolute atomic E-state index is 0.217. The van der Waals surface area contributed by atoms with Gasteiger partial charge in [0.1, 0.15) is 5.60 Å². The van der Waals surface area contributed by atoms with E-state index in [1.165, 1.54) is 12.8 Å². The fourth-order valence-electron chi connectivity index (χ4n) is 2.49. The predicted octanol–water partition coefficient (Wildman–Crippen LogP) is 3.10. The summed E-state index contributed by atoms with van der Waals surface area (Å²) in [6, 6.07) is 0. The van der Waals surface area contributed by atoms with Crippen LogP contribution >= 0.6 is 0 Å². The van der Waals surface area contributed by atoms with Crippen LogP contribution in [0.4, 0.5) is 0 Å². The van der Waals surface area contributed by atoms with Crippen LogP contribution in [0.5, 0.6) is 0 Å². The molecule has 0 aromatic heterocycles. The molecule has 1 fully saturated rings. The molecule has 1 aliphatic rings. The lowest BCUT2D eigenvalue weighted by atomic mass is 9.87. The highest BCUT2D eigenvalue weighted by Gasteiger charge is 2.38. The summed E-state index contributed by atoms with van der Waals surface area (Å²) in [7, 11) is 0. The van der Waals surface area contributed by atoms with Crippen molar-refractivity contribution < 1.29 is 9.53 Å². The van der Waals surface area contributed by atoms with Gasteiger partial charge in [-0.15, -0.1) is 12.3 Å². The lowest BCUT2D eigenvalue weighted by molar-refractivity contribution is -0.146. The summed E-state index contributed by atoms with van der Waals surface area (Å²) in [4.78, 5) is 12.2. The van der Waals surface area contributed by atoms with Gasteiger partial charge in [0.05, 0.1) is 0 Å². The second kappa shape index (κ2) is 6.70. The number of carbonyl (C=O) groups is 1. The Hall–Kier alpha value is -0.810. The zero-order chi connectivity index (χ0) is 11.9. The maximum Gasteiger partial charge on any atom is 0.165 e. The third kappa shape index (κ3) is 3.35. The van der Waals surface area contributed by atoms with Crippen LogP contribution in [0.15, 0.2) is 0 Å². The van der Waals surface area contributed by atoms with Crippen LogP contribution in [0, 0.1) is 12.3 Å². The minimum atomic E-state index is -0.512. The van der Waals surface area contributed by atoms with E-state index < -0.39 is 5.60 Å². The van der Waals surface area contributed by atoms with Gasteiger partial charge in [-0.2, -0.15) is 0 Å². The quantitative estimate of drug-likeness (QED) is 0.528. The van der Waals surface area contributed by atoms with Crippen molar-refractivity contribution in [3.8, 4) is 12.3 Å². The van der Waals surface area contributed by atoms with Crippen molar-refractivity contribution in [3.05, 3.63) is 0 Å². The van der Waals surface area contributed by atoms with Gasteiger partial charge >= 0.3 is 0 Å². The van der Waals surface area contributed by atoms with Gasteiger partial charge < -0.3 is 4.74 Å². The van der Waals surface area contributed by atoms with E-state index in [0.29, 0.717) is 19.4 Å². The first-order valence-electron chi connectivity index (χ1n) is 6.36. The van der Waals surface area contributed by atoms with Crippen LogP contribution in [-0.4, -0.2) is 18.0 Å². The van der Waals surface area contributed by atoms with E-state index in [2.05, 4.69) is 5.92 Å². The van der Waals surface area contributed by atoms with Gasteiger partial charge in [0.25, 0.3) is 0 Å². The number of rotatable bonds is 5. The zero-order valence-electron chi connectivity index (χ0n) is 10.3. The number of ether oxygens (including phenoxy) is 1. The average Bonchev–Trinajstić information content (AvgIpc) is 2.53. The van der Waals surface area contributed by atoms with Crippen molar-refractivity contribution >= 4 is 5.78 Å². The smallest absolute Gasteiger partial charge is 0.165 e. The Morgan fingerprint density at radius 1 is 1.31 bits per heavy atom. The molecule has 16 heavy (non-hydrogen) atoms. The SMILES string of the molecule is C#CCCC(=O)C1(OCC)CCCCCC1. The van der Waals surface area contributed by atoms with Crippen molar-refractivity contribution in [1.29, 1.82) is 0 Å². The first-order chi connectivity index (χ1) is 7.75. The van der Waals surface area contributed by atoms with E-state index in [1.807, 2.05) is 6.92 Å². The number of hydrogen-bond donors (Lipinski definition) is 0. The van der Waals surface area contributed by atoms with Gasteiger partial charge in [-0.3, -0.25) is 4.79 Å². The van der Waals surface area contributed by atoms with Crippen LogP contribution in [0.25, 0.3) is 0 Å². The van der Waals surface area contributed by atoms with Gasteiger partial charge in [-0.25, -0.2) is 0 Å². The fraction of sp³-hybridized carbons (Fsp3) is 0.786. The average molecular weight is 222 g/mol. The molecular weight excluding hydrogens is 200 g/mol. The molecular formula is C14H22O2. The molecule has 0 radical (unpaired) electrons. The molecule has 0 N–H and O–H groups in total. The maximum absolute atomic E-state index is 12.2. The summed E-state index contributed by atoms with van der Waals surface area (Å²) in [5, 5.41) is 0. The Balaban J connectivity index is 2.69. The summed E-state index contributed by atoms with van der Waals surface area (Å²) in [5.74, 6) is 2.75. The number of terminal acetylenes is 1. The van der Waals surface area contributed by atoms with Crippen LogP contribution in [0.3, 0.4) is 0 Å². The highest BCUT2D eigenvalue weighted by molar-refractivity contribution is 5.87. The highest BCUT2D eigenvalue weighted by atomic mass is 16.5. The molecule has 0 atom stereocenters. The molecule has 0 saturated heterocycles. The Kier molecular flexibility index (Phi) is 5.55. The second-order valence-corrected chi connectivity index (χ2v) is 4.47. The van der Waals surface area contributed by atoms with E-state index in [0.717, 1.165) is 25.7 Å². The maximum atomic E-state index is 12.2. The van der Waals surface area contributed by atoms with E-state index in [4.69, 9.17) is 11.2 Å². The topological polar surface area (TPSA) is 26.3 Å². The molecule has 0 bridgehead atoms. The molecule has 2 nitrogen and oxygen atoms in total. The highest BCUT2D eigenvalue weighted by Crippen LogP contribution is 2.32. The Morgan fingerprint density at radius 3 is 2.44 bits per heavy atom. The number of Topliss-reactive ketones (excluding diaryl/α,β-unsaturated/α-hetero) is 1. The summed E-state index contributed by atoms with van der Waals surface area (Å²) >= 11 is 0. The summed E-state index contributed by atoms with van der Waals surface area (Å²) in [6.45, 7) is 2.57. The van der Waals surface area contributed by atoms with Gasteiger partial charge in [-0.1, -0.05) is 25.7 Å². The standard InChI is InChI=1S/C14H22O2/c1-3-5-10-13(15)14(16-4-2)11-8-6-7-9-12-14/h1H,4-12H2,2H3. The molecule has 0 unspecified atom stereocenters. The van der Waals surface area contributed by atoms with E-state index in [-0.39, 0.29) is 5.78 Å². The molecule has 0 aromatic rings. The largest absolute Gasteiger partial charge is 0.368 e. The first kappa shape index (κ1) is 13.3. The normalized spacial score (nSPS) is 19.8. The fourth-order valence-corrected chi connectivity index (χ4v) is 2.49. The number of carbonyl (C=O) groups excluding carboxylic acids is 1. The van der Waals surface area contributed by atoms with E-state index >= 15 is 0 Å². The summed E-state index contributed by atoms with van der Waals surface area (Å²) in [6.07, 6.45) is 12.6. The van der Waals surface area contributed by atoms with Gasteiger partial charge in [0, 0.05) is 19.4 Å². The van der Waals surface area contributed by atoms with Crippen LogP contribution < -0.4 is 0 Å². The lowest BCUT2D eigenvalue weighted by Gasteiger charge is -2.31. The molecule has 0 amide bonds. The lowest BCUT2D eigenvalue weighted by Crippen LogP contribution is -2.41. The number of hydrogen-bond acceptors (Lipinski definition) is 2. The van der Waals surface area contributed by atoms with E-state index in [9.17, 15) is 4.79 Å². The molecule has 0 aromatic carbocycles. The van der Waals surface area contributed by atoms with Crippen molar-refractivity contribution in [2.45, 2.75) is 63.9 Å². The van der Waals surface area contributed by atoms with Crippen molar-refractivity contribution in [2.75, 3.05) is 6.61 Å². The van der Waals surface area contributed by atoms with Gasteiger partial charge in [-0.05, 0) is 19.8 Å². The molecule has 1 aliphatic carbocycles. The Bertz CT molecular complexity index is 254. The Morgan fingerprint density at radius 2 is 1.94 bits per heavy atom. The second-order valence-electron chi connectivity index (χ2n) is 4.47. The number of ketones is 1. The predicted molar refractivity (Wildman–Crippen MR) is 65.1 cm³/mol. The molecule has 0 spiro atoms. The third-order valence-corrected chi connectivity index (χ3v) is 3.34. The Labute approximate surface area is 98.8 Å². The van der Waals surface area contributed by atoms with Crippen LogP contribution in [-0.2, 0) is 9.53 Å². The first-order valence-corrected chi connectivity index (χ1v) is 6.36. The summed E-state index contributed by atoms with van der Waals surface area (Å²) in [5.41, 5.74) is -0.512. The van der Waals surface area contributed by atoms with Crippen molar-refractivity contribution in [1.82, 2.24) is 0 Å². The zero-order valence-corrected chi connectivity index (χ0v) is 10.3. The molecule has 0 heterocycles. The summed E-state index contributed by atoms with van der Waals surface area (Å²) < 4.78 is 5.79. The van der Waals surface area contributed by atoms with Crippen molar-refractivity contribution in [3.63, 3.8) is 0 Å². The van der Waals surface area contributed by atoms with Gasteiger partial charge in [0.2, 0.25) is 0 Å². The van der Waals surface area contributed by atoms with Crippen LogP contribution in [0.1, 0.15) is 58.3 Å².